The van der Waals surface area contributed by atoms with E-state index in [2.05, 4.69) is 72.3 Å². The molecule has 0 atom stereocenters. The lowest BCUT2D eigenvalue weighted by Crippen LogP contribution is -2.15. The van der Waals surface area contributed by atoms with Crippen LogP contribution in [0.25, 0.3) is 22.5 Å². The van der Waals surface area contributed by atoms with E-state index in [0.717, 1.165) is 48.4 Å². The Kier molecular flexibility index (Phi) is 13.0. The summed E-state index contributed by atoms with van der Waals surface area (Å²) >= 11 is 0. The van der Waals surface area contributed by atoms with Crippen molar-refractivity contribution < 1.29 is 4.74 Å². The summed E-state index contributed by atoms with van der Waals surface area (Å²) in [6, 6.07) is 17.1. The molecule has 1 aromatic heterocycles. The summed E-state index contributed by atoms with van der Waals surface area (Å²) in [5.41, 5.74) is 4.70. The SMILES string of the molecule is CCCCCCCc1cnc(-c2ccc(-c3ccc(OCCCC4CCC(CCCCC)CC4)cc3)cc2)nc1. The molecule has 0 radical (unpaired) electrons. The highest BCUT2D eigenvalue weighted by atomic mass is 16.5. The van der Waals surface area contributed by atoms with Gasteiger partial charge in [0.15, 0.2) is 5.82 Å². The fraction of sp³-hybridized carbons (Fsp3) is 0.568. The van der Waals surface area contributed by atoms with Gasteiger partial charge in [-0.25, -0.2) is 9.97 Å². The van der Waals surface area contributed by atoms with E-state index in [1.165, 1.54) is 107 Å². The molecule has 1 fully saturated rings. The molecule has 1 saturated carbocycles. The zero-order valence-electron chi connectivity index (χ0n) is 25.3. The first kappa shape index (κ1) is 30.3. The zero-order valence-corrected chi connectivity index (χ0v) is 25.3. The van der Waals surface area contributed by atoms with Gasteiger partial charge in [0.2, 0.25) is 0 Å². The van der Waals surface area contributed by atoms with E-state index in [4.69, 9.17) is 4.74 Å². The maximum absolute atomic E-state index is 6.09. The number of hydrogen-bond acceptors (Lipinski definition) is 3. The lowest BCUT2D eigenvalue weighted by Gasteiger charge is -2.28. The Morgan fingerprint density at radius 2 is 1.12 bits per heavy atom. The molecule has 0 N–H and O–H groups in total. The molecule has 3 aromatic rings. The van der Waals surface area contributed by atoms with Gasteiger partial charge in [0.25, 0.3) is 0 Å². The molecule has 3 heteroatoms. The third-order valence-corrected chi connectivity index (χ3v) is 8.81. The van der Waals surface area contributed by atoms with Crippen molar-refractivity contribution in [3.8, 4) is 28.3 Å². The Morgan fingerprint density at radius 3 is 1.75 bits per heavy atom. The van der Waals surface area contributed by atoms with Crippen LogP contribution in [0.15, 0.2) is 60.9 Å². The van der Waals surface area contributed by atoms with Crippen molar-refractivity contribution in [3.63, 3.8) is 0 Å². The number of hydrogen-bond donors (Lipinski definition) is 0. The van der Waals surface area contributed by atoms with Crippen molar-refractivity contribution in [2.45, 2.75) is 117 Å². The van der Waals surface area contributed by atoms with Gasteiger partial charge in [0.1, 0.15) is 5.75 Å². The van der Waals surface area contributed by atoms with Crippen molar-refractivity contribution in [2.75, 3.05) is 6.61 Å². The number of aromatic nitrogens is 2. The minimum atomic E-state index is 0.796. The molecule has 2 aromatic carbocycles. The topological polar surface area (TPSA) is 35.0 Å². The molecular weight excluding hydrogens is 488 g/mol. The third kappa shape index (κ3) is 10.1. The maximum Gasteiger partial charge on any atom is 0.159 e. The molecule has 1 aliphatic rings. The standard InChI is InChI=1S/C37H52N2O/c1-3-5-7-8-10-13-32-28-38-37(39-29-32)35-21-19-33(20-22-35)34-23-25-36(26-24-34)40-27-11-14-31-17-15-30(16-18-31)12-9-6-4-2/h19-26,28-31H,3-18,27H2,1-2H3. The largest absolute Gasteiger partial charge is 0.494 e. The number of ether oxygens (including phenoxy) is 1. The molecule has 0 unspecified atom stereocenters. The number of aryl methyl sites for hydroxylation is 1. The van der Waals surface area contributed by atoms with E-state index in [1.54, 1.807) is 0 Å². The Hall–Kier alpha value is -2.68. The monoisotopic (exact) mass is 540 g/mol. The molecule has 3 nitrogen and oxygen atoms in total. The highest BCUT2D eigenvalue weighted by Crippen LogP contribution is 2.34. The molecule has 0 bridgehead atoms. The average Bonchev–Trinajstić information content (AvgIpc) is 3.01. The normalized spacial score (nSPS) is 17.1. The maximum atomic E-state index is 6.09. The quantitative estimate of drug-likeness (QED) is 0.160. The Bertz CT molecular complexity index is 1070. The minimum Gasteiger partial charge on any atom is -0.494 e. The van der Waals surface area contributed by atoms with Gasteiger partial charge in [-0.2, -0.15) is 0 Å². The second-order valence-electron chi connectivity index (χ2n) is 12.1. The van der Waals surface area contributed by atoms with Gasteiger partial charge in [-0.15, -0.1) is 0 Å². The second-order valence-corrected chi connectivity index (χ2v) is 12.1. The van der Waals surface area contributed by atoms with Crippen LogP contribution >= 0.6 is 0 Å². The summed E-state index contributed by atoms with van der Waals surface area (Å²) in [4.78, 5) is 9.26. The number of rotatable bonds is 17. The number of unbranched alkanes of at least 4 members (excludes halogenated alkanes) is 6. The van der Waals surface area contributed by atoms with Crippen LogP contribution in [-0.2, 0) is 6.42 Å². The first-order valence-corrected chi connectivity index (χ1v) is 16.4. The van der Waals surface area contributed by atoms with Crippen molar-refractivity contribution in [3.05, 3.63) is 66.5 Å². The Labute approximate surface area is 244 Å². The van der Waals surface area contributed by atoms with Gasteiger partial charge in [0.05, 0.1) is 6.61 Å². The molecule has 1 heterocycles. The summed E-state index contributed by atoms with van der Waals surface area (Å²) in [5, 5.41) is 0. The van der Waals surface area contributed by atoms with Crippen LogP contribution in [0.5, 0.6) is 5.75 Å². The predicted octanol–water partition coefficient (Wildman–Crippen LogP) is 10.9. The zero-order chi connectivity index (χ0) is 27.8. The van der Waals surface area contributed by atoms with E-state index < -0.39 is 0 Å². The summed E-state index contributed by atoms with van der Waals surface area (Å²) in [6.45, 7) is 5.38. The van der Waals surface area contributed by atoms with E-state index in [0.29, 0.717) is 0 Å². The Balaban J connectivity index is 1.16. The fourth-order valence-corrected chi connectivity index (χ4v) is 6.17. The van der Waals surface area contributed by atoms with Crippen LogP contribution in [0.2, 0.25) is 0 Å². The van der Waals surface area contributed by atoms with Crippen LogP contribution in [0.3, 0.4) is 0 Å². The number of nitrogens with zero attached hydrogens (tertiary/aromatic N) is 2. The molecule has 40 heavy (non-hydrogen) atoms. The lowest BCUT2D eigenvalue weighted by atomic mass is 9.78. The molecule has 216 valence electrons. The van der Waals surface area contributed by atoms with Crippen LogP contribution in [0.1, 0.15) is 116 Å². The molecule has 0 spiro atoms. The van der Waals surface area contributed by atoms with Crippen molar-refractivity contribution in [1.82, 2.24) is 9.97 Å². The summed E-state index contributed by atoms with van der Waals surface area (Å²) < 4.78 is 6.09. The third-order valence-electron chi connectivity index (χ3n) is 8.81. The first-order chi connectivity index (χ1) is 19.7. The highest BCUT2D eigenvalue weighted by molar-refractivity contribution is 5.68. The number of benzene rings is 2. The smallest absolute Gasteiger partial charge is 0.159 e. The minimum absolute atomic E-state index is 0.796. The Morgan fingerprint density at radius 1 is 0.600 bits per heavy atom. The average molecular weight is 541 g/mol. The molecule has 1 aliphatic carbocycles. The van der Waals surface area contributed by atoms with Crippen molar-refractivity contribution in [1.29, 1.82) is 0 Å². The highest BCUT2D eigenvalue weighted by Gasteiger charge is 2.20. The van der Waals surface area contributed by atoms with Gasteiger partial charge >= 0.3 is 0 Å². The summed E-state index contributed by atoms with van der Waals surface area (Å²) in [5.74, 6) is 3.69. The van der Waals surface area contributed by atoms with Gasteiger partial charge in [-0.1, -0.05) is 127 Å². The molecule has 0 saturated heterocycles. The molecular formula is C37H52N2O. The molecule has 4 rings (SSSR count). The van der Waals surface area contributed by atoms with Crippen molar-refractivity contribution in [2.24, 2.45) is 11.8 Å². The molecule has 0 aliphatic heterocycles. The van der Waals surface area contributed by atoms with E-state index in [9.17, 15) is 0 Å². The van der Waals surface area contributed by atoms with Crippen LogP contribution in [-0.4, -0.2) is 16.6 Å². The van der Waals surface area contributed by atoms with E-state index >= 15 is 0 Å². The summed E-state index contributed by atoms with van der Waals surface area (Å²) in [6.07, 6.45) is 25.4. The van der Waals surface area contributed by atoms with E-state index in [1.807, 2.05) is 12.4 Å². The first-order valence-electron chi connectivity index (χ1n) is 16.4. The van der Waals surface area contributed by atoms with E-state index in [-0.39, 0.29) is 0 Å². The predicted molar refractivity (Wildman–Crippen MR) is 170 cm³/mol. The molecule has 0 amide bonds. The van der Waals surface area contributed by atoms with Gasteiger partial charge in [0, 0.05) is 18.0 Å². The van der Waals surface area contributed by atoms with Gasteiger partial charge in [-0.3, -0.25) is 0 Å². The lowest BCUT2D eigenvalue weighted by molar-refractivity contribution is 0.228. The summed E-state index contributed by atoms with van der Waals surface area (Å²) in [7, 11) is 0. The van der Waals surface area contributed by atoms with Crippen LogP contribution in [0, 0.1) is 11.8 Å². The second kappa shape index (κ2) is 17.2. The van der Waals surface area contributed by atoms with Crippen LogP contribution < -0.4 is 4.74 Å². The van der Waals surface area contributed by atoms with Gasteiger partial charge in [-0.05, 0) is 66.3 Å². The van der Waals surface area contributed by atoms with Crippen LogP contribution in [0.4, 0.5) is 0 Å². The fourth-order valence-electron chi connectivity index (χ4n) is 6.17. The van der Waals surface area contributed by atoms with Crippen molar-refractivity contribution >= 4 is 0 Å². The van der Waals surface area contributed by atoms with Gasteiger partial charge < -0.3 is 4.74 Å².